The summed E-state index contributed by atoms with van der Waals surface area (Å²) >= 11 is 0. The van der Waals surface area contributed by atoms with Crippen LogP contribution in [0.5, 0.6) is 0 Å². The third kappa shape index (κ3) is 2.52. The van der Waals surface area contributed by atoms with Gasteiger partial charge in [0.05, 0.1) is 11.4 Å². The number of nitrogens with one attached hydrogen (secondary N) is 1. The van der Waals surface area contributed by atoms with Gasteiger partial charge in [0.15, 0.2) is 0 Å². The van der Waals surface area contributed by atoms with Gasteiger partial charge < -0.3 is 5.73 Å². The van der Waals surface area contributed by atoms with Crippen LogP contribution in [0.25, 0.3) is 0 Å². The van der Waals surface area contributed by atoms with Crippen LogP contribution in [0.4, 0.5) is 5.69 Å². The summed E-state index contributed by atoms with van der Waals surface area (Å²) in [5.74, 6) is -1.28. The number of nitrogens with zero attached hydrogens (tertiary/aromatic N) is 1. The molecule has 1 heterocycles. The molecule has 1 saturated heterocycles. The Morgan fingerprint density at radius 1 is 1.30 bits per heavy atom. The lowest BCUT2D eigenvalue weighted by molar-refractivity contribution is -0.136. The number of carbonyl (C=O) groups is 2. The maximum absolute atomic E-state index is 12.5. The summed E-state index contributed by atoms with van der Waals surface area (Å²) in [6.07, 6.45) is 0. The van der Waals surface area contributed by atoms with E-state index in [1.165, 1.54) is 19.1 Å². The Morgan fingerprint density at radius 2 is 1.95 bits per heavy atom. The molecule has 108 valence electrons. The number of piperazine rings is 1. The van der Waals surface area contributed by atoms with Crippen LogP contribution in [0.2, 0.25) is 0 Å². The Morgan fingerprint density at radius 3 is 2.55 bits per heavy atom. The van der Waals surface area contributed by atoms with Crippen molar-refractivity contribution in [3.05, 3.63) is 23.8 Å². The second kappa shape index (κ2) is 4.88. The van der Waals surface area contributed by atoms with Gasteiger partial charge in [0.1, 0.15) is 6.04 Å². The molecule has 1 aromatic rings. The van der Waals surface area contributed by atoms with Crippen LogP contribution in [-0.2, 0) is 19.6 Å². The zero-order valence-electron chi connectivity index (χ0n) is 11.1. The van der Waals surface area contributed by atoms with E-state index in [0.29, 0.717) is 11.3 Å². The van der Waals surface area contributed by atoms with Crippen LogP contribution < -0.4 is 11.1 Å². The van der Waals surface area contributed by atoms with E-state index in [9.17, 15) is 18.0 Å². The second-order valence-corrected chi connectivity index (χ2v) is 6.61. The predicted octanol–water partition coefficient (Wildman–Crippen LogP) is -0.387. The van der Waals surface area contributed by atoms with Gasteiger partial charge in [-0.15, -0.1) is 0 Å². The highest BCUT2D eigenvalue weighted by Gasteiger charge is 2.39. The first-order valence-corrected chi connectivity index (χ1v) is 7.38. The molecule has 0 saturated carbocycles. The first-order valence-electron chi connectivity index (χ1n) is 5.94. The average Bonchev–Trinajstić information content (AvgIpc) is 2.32. The molecule has 1 aliphatic rings. The van der Waals surface area contributed by atoms with Crippen molar-refractivity contribution in [2.24, 2.45) is 0 Å². The third-order valence-corrected chi connectivity index (χ3v) is 4.95. The minimum absolute atomic E-state index is 0.0237. The molecule has 0 radical (unpaired) electrons. The van der Waals surface area contributed by atoms with Gasteiger partial charge in [-0.3, -0.25) is 14.9 Å². The fraction of sp³-hybridized carbons (Fsp3) is 0.333. The smallest absolute Gasteiger partial charge is 0.244 e. The number of anilines is 1. The Bertz CT molecular complexity index is 664. The molecule has 1 fully saturated rings. The number of benzene rings is 1. The van der Waals surface area contributed by atoms with Gasteiger partial charge >= 0.3 is 0 Å². The zero-order chi connectivity index (χ0) is 15.1. The number of aryl methyl sites for hydroxylation is 1. The van der Waals surface area contributed by atoms with E-state index in [0.717, 1.165) is 4.31 Å². The van der Waals surface area contributed by atoms with Crippen molar-refractivity contribution < 1.29 is 18.0 Å². The number of hydrogen-bond acceptors (Lipinski definition) is 5. The Hall–Kier alpha value is -1.93. The van der Waals surface area contributed by atoms with Gasteiger partial charge in [-0.2, -0.15) is 4.31 Å². The van der Waals surface area contributed by atoms with Gasteiger partial charge in [0, 0.05) is 5.69 Å². The summed E-state index contributed by atoms with van der Waals surface area (Å²) in [5, 5.41) is 2.10. The lowest BCUT2D eigenvalue weighted by Gasteiger charge is -2.30. The third-order valence-electron chi connectivity index (χ3n) is 3.05. The van der Waals surface area contributed by atoms with Crippen molar-refractivity contribution in [2.75, 3.05) is 12.3 Å². The fourth-order valence-electron chi connectivity index (χ4n) is 2.04. The van der Waals surface area contributed by atoms with Gasteiger partial charge in [-0.25, -0.2) is 8.42 Å². The summed E-state index contributed by atoms with van der Waals surface area (Å²) in [7, 11) is -3.95. The van der Waals surface area contributed by atoms with E-state index < -0.39 is 27.9 Å². The monoisotopic (exact) mass is 297 g/mol. The first kappa shape index (κ1) is 14.5. The van der Waals surface area contributed by atoms with Gasteiger partial charge in [-0.1, -0.05) is 0 Å². The largest absolute Gasteiger partial charge is 0.399 e. The minimum atomic E-state index is -3.95. The highest BCUT2D eigenvalue weighted by Crippen LogP contribution is 2.23. The molecule has 2 amide bonds. The fourth-order valence-corrected chi connectivity index (χ4v) is 3.73. The molecule has 1 unspecified atom stereocenters. The molecule has 1 atom stereocenters. The molecule has 0 aliphatic carbocycles. The van der Waals surface area contributed by atoms with Crippen molar-refractivity contribution in [3.63, 3.8) is 0 Å². The second-order valence-electron chi connectivity index (χ2n) is 4.72. The molecule has 0 aromatic heterocycles. The number of sulfonamides is 1. The van der Waals surface area contributed by atoms with Crippen LogP contribution in [0.3, 0.4) is 0 Å². The summed E-state index contributed by atoms with van der Waals surface area (Å²) in [4.78, 5) is 22.9. The number of hydrogen-bond donors (Lipinski definition) is 2. The number of imide groups is 1. The van der Waals surface area contributed by atoms with Crippen molar-refractivity contribution in [1.29, 1.82) is 0 Å². The SMILES string of the molecule is Cc1cc(N)cc(S(=O)(=O)N2CC(=O)NC(=O)C2C)c1. The van der Waals surface area contributed by atoms with Crippen molar-refractivity contribution >= 4 is 27.5 Å². The molecule has 20 heavy (non-hydrogen) atoms. The molecule has 3 N–H and O–H groups in total. The summed E-state index contributed by atoms with van der Waals surface area (Å²) < 4.78 is 25.9. The van der Waals surface area contributed by atoms with E-state index in [-0.39, 0.29) is 11.4 Å². The molecule has 1 aromatic carbocycles. The highest BCUT2D eigenvalue weighted by molar-refractivity contribution is 7.89. The quantitative estimate of drug-likeness (QED) is 0.571. The van der Waals surface area contributed by atoms with E-state index in [4.69, 9.17) is 5.73 Å². The lowest BCUT2D eigenvalue weighted by Crippen LogP contribution is -2.58. The molecule has 0 bridgehead atoms. The molecular weight excluding hydrogens is 282 g/mol. The summed E-state index contributed by atoms with van der Waals surface area (Å²) in [6, 6.07) is 3.46. The number of rotatable bonds is 2. The van der Waals surface area contributed by atoms with Gasteiger partial charge in [-0.05, 0) is 37.6 Å². The number of nitrogen functional groups attached to an aromatic ring is 1. The van der Waals surface area contributed by atoms with E-state index in [1.54, 1.807) is 13.0 Å². The molecule has 0 spiro atoms. The highest BCUT2D eigenvalue weighted by atomic mass is 32.2. The topological polar surface area (TPSA) is 110 Å². The molecule has 7 nitrogen and oxygen atoms in total. The Labute approximate surface area is 116 Å². The van der Waals surface area contributed by atoms with E-state index in [2.05, 4.69) is 5.32 Å². The molecule has 8 heteroatoms. The van der Waals surface area contributed by atoms with E-state index >= 15 is 0 Å². The minimum Gasteiger partial charge on any atom is -0.399 e. The number of nitrogens with two attached hydrogens (primary N) is 1. The first-order chi connectivity index (χ1) is 9.21. The Balaban J connectivity index is 2.48. The van der Waals surface area contributed by atoms with Crippen molar-refractivity contribution in [1.82, 2.24) is 9.62 Å². The summed E-state index contributed by atoms with van der Waals surface area (Å²) in [5.41, 5.74) is 6.64. The lowest BCUT2D eigenvalue weighted by atomic mass is 10.2. The predicted molar refractivity (Wildman–Crippen MR) is 72.1 cm³/mol. The maximum Gasteiger partial charge on any atom is 0.244 e. The van der Waals surface area contributed by atoms with Crippen LogP contribution >= 0.6 is 0 Å². The van der Waals surface area contributed by atoms with Crippen LogP contribution in [-0.4, -0.2) is 37.1 Å². The van der Waals surface area contributed by atoms with Crippen LogP contribution in [0.1, 0.15) is 12.5 Å². The standard InChI is InChI=1S/C12H15N3O4S/c1-7-3-9(13)5-10(4-7)20(18,19)15-6-11(16)14-12(17)8(15)2/h3-5,8H,6,13H2,1-2H3,(H,14,16,17). The Kier molecular flexibility index (Phi) is 3.53. The number of amides is 2. The van der Waals surface area contributed by atoms with Gasteiger partial charge in [0.2, 0.25) is 21.8 Å². The van der Waals surface area contributed by atoms with Crippen LogP contribution in [0, 0.1) is 6.92 Å². The van der Waals surface area contributed by atoms with Crippen LogP contribution in [0.15, 0.2) is 23.1 Å². The molecular formula is C12H15N3O4S. The average molecular weight is 297 g/mol. The zero-order valence-corrected chi connectivity index (χ0v) is 11.9. The normalized spacial score (nSPS) is 20.8. The number of carbonyl (C=O) groups excluding carboxylic acids is 2. The molecule has 1 aliphatic heterocycles. The van der Waals surface area contributed by atoms with Crippen molar-refractivity contribution in [2.45, 2.75) is 24.8 Å². The molecule has 2 rings (SSSR count). The van der Waals surface area contributed by atoms with E-state index in [1.807, 2.05) is 0 Å². The maximum atomic E-state index is 12.5. The van der Waals surface area contributed by atoms with Crippen molar-refractivity contribution in [3.8, 4) is 0 Å². The summed E-state index contributed by atoms with van der Waals surface area (Å²) in [6.45, 7) is 2.76. The van der Waals surface area contributed by atoms with Gasteiger partial charge in [0.25, 0.3) is 0 Å².